The van der Waals surface area contributed by atoms with E-state index in [9.17, 15) is 4.79 Å². The number of thiazole rings is 1. The highest BCUT2D eigenvalue weighted by Crippen LogP contribution is 2.35. The van der Waals surface area contributed by atoms with Crippen molar-refractivity contribution in [1.29, 1.82) is 0 Å². The molecular formula is C19H19ClN4OS. The lowest BCUT2D eigenvalue weighted by Crippen LogP contribution is -2.35. The lowest BCUT2D eigenvalue weighted by molar-refractivity contribution is 0.0963. The third kappa shape index (κ3) is 3.27. The number of benzene rings is 1. The van der Waals surface area contributed by atoms with Gasteiger partial charge in [0.25, 0.3) is 5.91 Å². The van der Waals surface area contributed by atoms with Crippen molar-refractivity contribution in [3.63, 3.8) is 0 Å². The topological polar surface area (TPSA) is 58.1 Å². The van der Waals surface area contributed by atoms with Gasteiger partial charge < -0.3 is 10.2 Å². The molecule has 0 saturated carbocycles. The summed E-state index contributed by atoms with van der Waals surface area (Å²) in [6, 6.07) is 9.50. The Labute approximate surface area is 161 Å². The molecule has 3 aromatic rings. The maximum atomic E-state index is 12.1. The van der Waals surface area contributed by atoms with E-state index in [1.165, 1.54) is 9.71 Å². The van der Waals surface area contributed by atoms with E-state index in [-0.39, 0.29) is 5.91 Å². The molecule has 2 aromatic heterocycles. The molecule has 5 nitrogen and oxygen atoms in total. The van der Waals surface area contributed by atoms with Gasteiger partial charge in [0, 0.05) is 37.3 Å². The first kappa shape index (κ1) is 17.2. The van der Waals surface area contributed by atoms with Gasteiger partial charge >= 0.3 is 0 Å². The van der Waals surface area contributed by atoms with Crippen LogP contribution in [0.5, 0.6) is 0 Å². The van der Waals surface area contributed by atoms with Gasteiger partial charge in [0.15, 0.2) is 0 Å². The second-order valence-corrected chi connectivity index (χ2v) is 7.88. The predicted molar refractivity (Wildman–Crippen MR) is 106 cm³/mol. The van der Waals surface area contributed by atoms with E-state index in [0.717, 1.165) is 42.3 Å². The minimum absolute atomic E-state index is 0.0988. The van der Waals surface area contributed by atoms with Crippen LogP contribution >= 0.6 is 22.9 Å². The number of halogens is 1. The van der Waals surface area contributed by atoms with Gasteiger partial charge in [-0.1, -0.05) is 11.6 Å². The Hall–Kier alpha value is -2.18. The maximum absolute atomic E-state index is 12.1. The van der Waals surface area contributed by atoms with Crippen LogP contribution < -0.4 is 10.2 Å². The summed E-state index contributed by atoms with van der Waals surface area (Å²) < 4.78 is 1.18. The van der Waals surface area contributed by atoms with E-state index in [1.54, 1.807) is 30.6 Å². The molecule has 1 saturated heterocycles. The van der Waals surface area contributed by atoms with E-state index >= 15 is 0 Å². The van der Waals surface area contributed by atoms with Gasteiger partial charge in [-0.2, -0.15) is 0 Å². The number of amides is 1. The Morgan fingerprint density at radius 3 is 2.88 bits per heavy atom. The molecule has 0 unspecified atom stereocenters. The largest absolute Gasteiger partial charge is 0.356 e. The zero-order valence-electron chi connectivity index (χ0n) is 14.4. The summed E-state index contributed by atoms with van der Waals surface area (Å²) in [6.45, 7) is 1.73. The Morgan fingerprint density at radius 2 is 2.12 bits per heavy atom. The van der Waals surface area contributed by atoms with Crippen LogP contribution in [0, 0.1) is 0 Å². The Balaban J connectivity index is 1.51. The van der Waals surface area contributed by atoms with Crippen molar-refractivity contribution in [2.24, 2.45) is 0 Å². The Morgan fingerprint density at radius 1 is 1.31 bits per heavy atom. The van der Waals surface area contributed by atoms with Crippen LogP contribution in [0.15, 0.2) is 36.5 Å². The van der Waals surface area contributed by atoms with E-state index in [2.05, 4.69) is 15.2 Å². The van der Waals surface area contributed by atoms with Crippen LogP contribution in [0.3, 0.4) is 0 Å². The van der Waals surface area contributed by atoms with Crippen LogP contribution in [0.2, 0.25) is 5.02 Å². The summed E-state index contributed by atoms with van der Waals surface area (Å²) in [5.74, 6) is 1.11. The molecule has 1 N–H and O–H groups in total. The summed E-state index contributed by atoms with van der Waals surface area (Å²) in [7, 11) is 1.64. The van der Waals surface area contributed by atoms with Crippen LogP contribution in [-0.4, -0.2) is 36.0 Å². The molecule has 1 amide bonds. The fourth-order valence-electron chi connectivity index (χ4n) is 3.39. The number of hydrogen-bond acceptors (Lipinski definition) is 5. The number of hydrogen-bond donors (Lipinski definition) is 1. The second-order valence-electron chi connectivity index (χ2n) is 6.38. The molecule has 1 aliphatic heterocycles. The number of aromatic nitrogens is 2. The molecule has 3 heterocycles. The number of nitrogens with zero attached hydrogens (tertiary/aromatic N) is 3. The van der Waals surface area contributed by atoms with Gasteiger partial charge in [-0.25, -0.2) is 9.97 Å². The van der Waals surface area contributed by atoms with Crippen LogP contribution in [0.4, 0.5) is 5.82 Å². The first-order chi connectivity index (χ1) is 12.7. The first-order valence-electron chi connectivity index (χ1n) is 8.63. The monoisotopic (exact) mass is 386 g/mol. The molecule has 0 aliphatic carbocycles. The average Bonchev–Trinajstić information content (AvgIpc) is 3.10. The predicted octanol–water partition coefficient (Wildman–Crippen LogP) is 4.09. The number of nitrogens with one attached hydrogen (secondary N) is 1. The Bertz CT molecular complexity index is 950. The number of carbonyl (C=O) groups excluding carboxylic acids is 1. The van der Waals surface area contributed by atoms with Crippen LogP contribution in [0.25, 0.3) is 10.2 Å². The highest BCUT2D eigenvalue weighted by atomic mass is 35.5. The highest BCUT2D eigenvalue weighted by Gasteiger charge is 2.26. The van der Waals surface area contributed by atoms with Crippen molar-refractivity contribution in [2.75, 3.05) is 25.0 Å². The second kappa shape index (κ2) is 7.21. The van der Waals surface area contributed by atoms with Crippen molar-refractivity contribution in [1.82, 2.24) is 15.3 Å². The summed E-state index contributed by atoms with van der Waals surface area (Å²) in [6.07, 6.45) is 3.74. The summed E-state index contributed by atoms with van der Waals surface area (Å²) in [4.78, 5) is 23.5. The van der Waals surface area contributed by atoms with Crippen molar-refractivity contribution in [3.05, 3.63) is 52.1 Å². The molecule has 4 rings (SSSR count). The SMILES string of the molecule is CNC(=O)c1cccnc1N1CCC(c2nc3cc(Cl)ccc3s2)CC1. The van der Waals surface area contributed by atoms with Gasteiger partial charge in [0.05, 0.1) is 20.8 Å². The number of piperidine rings is 1. The first-order valence-corrected chi connectivity index (χ1v) is 9.83. The third-order valence-electron chi connectivity index (χ3n) is 4.77. The van der Waals surface area contributed by atoms with Gasteiger partial charge in [-0.05, 0) is 43.2 Å². The van der Waals surface area contributed by atoms with Crippen molar-refractivity contribution < 1.29 is 4.79 Å². The van der Waals surface area contributed by atoms with Crippen LogP contribution in [0.1, 0.15) is 34.1 Å². The van der Waals surface area contributed by atoms with Gasteiger partial charge in [0.1, 0.15) is 5.82 Å². The van der Waals surface area contributed by atoms with Crippen molar-refractivity contribution in [2.45, 2.75) is 18.8 Å². The fourth-order valence-corrected chi connectivity index (χ4v) is 4.68. The number of carbonyl (C=O) groups is 1. The molecule has 1 aromatic carbocycles. The summed E-state index contributed by atoms with van der Waals surface area (Å²) >= 11 is 7.82. The zero-order valence-corrected chi connectivity index (χ0v) is 16.0. The normalized spacial score (nSPS) is 15.4. The summed E-state index contributed by atoms with van der Waals surface area (Å²) in [5.41, 5.74) is 1.61. The minimum Gasteiger partial charge on any atom is -0.356 e. The van der Waals surface area contributed by atoms with E-state index in [4.69, 9.17) is 16.6 Å². The number of pyridine rings is 1. The smallest absolute Gasteiger partial charge is 0.254 e. The van der Waals surface area contributed by atoms with Gasteiger partial charge in [-0.3, -0.25) is 4.79 Å². The molecular weight excluding hydrogens is 368 g/mol. The average molecular weight is 387 g/mol. The molecule has 0 radical (unpaired) electrons. The molecule has 134 valence electrons. The fraction of sp³-hybridized carbons (Fsp3) is 0.316. The van der Waals surface area contributed by atoms with Gasteiger partial charge in [-0.15, -0.1) is 11.3 Å². The molecule has 0 bridgehead atoms. The number of fused-ring (bicyclic) bond motifs is 1. The van der Waals surface area contributed by atoms with Crippen molar-refractivity contribution in [3.8, 4) is 0 Å². The molecule has 26 heavy (non-hydrogen) atoms. The standard InChI is InChI=1S/C19H19ClN4OS/c1-21-18(25)14-3-2-8-22-17(14)24-9-6-12(7-10-24)19-23-15-11-13(20)4-5-16(15)26-19/h2-5,8,11-12H,6-7,9-10H2,1H3,(H,21,25). The molecule has 0 atom stereocenters. The minimum atomic E-state index is -0.0988. The van der Waals surface area contributed by atoms with Crippen molar-refractivity contribution >= 4 is 44.9 Å². The van der Waals surface area contributed by atoms with Gasteiger partial charge in [0.2, 0.25) is 0 Å². The highest BCUT2D eigenvalue weighted by molar-refractivity contribution is 7.18. The number of rotatable bonds is 3. The molecule has 1 fully saturated rings. The Kier molecular flexibility index (Phi) is 4.78. The quantitative estimate of drug-likeness (QED) is 0.736. The van der Waals surface area contributed by atoms with E-state index in [0.29, 0.717) is 11.5 Å². The van der Waals surface area contributed by atoms with Crippen LogP contribution in [-0.2, 0) is 0 Å². The molecule has 0 spiro atoms. The lowest BCUT2D eigenvalue weighted by atomic mass is 9.97. The number of anilines is 1. The van der Waals surface area contributed by atoms with E-state index in [1.807, 2.05) is 24.3 Å². The third-order valence-corrected chi connectivity index (χ3v) is 6.20. The molecule has 1 aliphatic rings. The zero-order chi connectivity index (χ0) is 18.1. The summed E-state index contributed by atoms with van der Waals surface area (Å²) in [5, 5.41) is 4.59. The maximum Gasteiger partial charge on any atom is 0.254 e. The molecule has 7 heteroatoms. The van der Waals surface area contributed by atoms with E-state index < -0.39 is 0 Å². The lowest BCUT2D eigenvalue weighted by Gasteiger charge is -2.32.